The van der Waals surface area contributed by atoms with E-state index >= 15 is 0 Å². The Hall–Kier alpha value is -5.50. The van der Waals surface area contributed by atoms with E-state index in [4.69, 9.17) is 15.1 Å². The minimum atomic E-state index is 0.214. The van der Waals surface area contributed by atoms with E-state index in [1.54, 1.807) is 0 Å². The van der Waals surface area contributed by atoms with Crippen molar-refractivity contribution in [2.75, 3.05) is 99.7 Å². The number of anilines is 4. The van der Waals surface area contributed by atoms with E-state index < -0.39 is 0 Å². The zero-order valence-electron chi connectivity index (χ0n) is 34.3. The van der Waals surface area contributed by atoms with Crippen LogP contribution in [-0.2, 0) is 13.1 Å². The number of para-hydroxylation sites is 2. The maximum Gasteiger partial charge on any atom is 0.132 e. The summed E-state index contributed by atoms with van der Waals surface area (Å²) >= 11 is 0. The summed E-state index contributed by atoms with van der Waals surface area (Å²) in [6, 6.07) is 25.4. The molecule has 13 heteroatoms. The molecule has 0 aliphatic carbocycles. The third kappa shape index (κ3) is 9.73. The van der Waals surface area contributed by atoms with E-state index in [0.717, 1.165) is 127 Å². The van der Waals surface area contributed by atoms with E-state index in [2.05, 4.69) is 138 Å². The number of hydrogen-bond donors (Lipinski definition) is 1. The van der Waals surface area contributed by atoms with E-state index in [1.165, 1.54) is 0 Å². The Bertz CT molecular complexity index is 2250. The molecule has 2 aliphatic rings. The molecule has 57 heavy (non-hydrogen) atoms. The van der Waals surface area contributed by atoms with Gasteiger partial charge in [-0.25, -0.2) is 19.9 Å². The first-order valence-corrected chi connectivity index (χ1v) is 20.0. The van der Waals surface area contributed by atoms with Crippen molar-refractivity contribution in [3.63, 3.8) is 0 Å². The molecule has 2 aliphatic heterocycles. The SMILES string of the molecule is Cc1nc(CN(C)c2cccc3cccnc23)cc(N2CCN(C)[C@@H](C)C2)n1.Cc1nc(CN(C)c2cccc3cccnc23)cc(N2CCN(CCO)CC2)n1. The molecule has 0 radical (unpaired) electrons. The predicted octanol–water partition coefficient (Wildman–Crippen LogP) is 5.19. The largest absolute Gasteiger partial charge is 0.395 e. The highest BCUT2D eigenvalue weighted by Crippen LogP contribution is 2.27. The van der Waals surface area contributed by atoms with Crippen LogP contribution in [0.3, 0.4) is 0 Å². The molecule has 2 fully saturated rings. The fourth-order valence-electron chi connectivity index (χ4n) is 7.76. The highest BCUT2D eigenvalue weighted by molar-refractivity contribution is 5.91. The molecule has 2 saturated heterocycles. The summed E-state index contributed by atoms with van der Waals surface area (Å²) in [7, 11) is 6.36. The molecule has 0 bridgehead atoms. The van der Waals surface area contributed by atoms with Crippen LogP contribution in [0.15, 0.2) is 85.2 Å². The minimum Gasteiger partial charge on any atom is -0.395 e. The Labute approximate surface area is 336 Å². The molecule has 2 aromatic carbocycles. The van der Waals surface area contributed by atoms with Crippen molar-refractivity contribution in [2.24, 2.45) is 0 Å². The van der Waals surface area contributed by atoms with E-state index in [1.807, 2.05) is 38.4 Å². The first-order valence-electron chi connectivity index (χ1n) is 20.0. The monoisotopic (exact) mass is 768 g/mol. The Balaban J connectivity index is 0.000000174. The van der Waals surface area contributed by atoms with Crippen molar-refractivity contribution in [3.05, 3.63) is 108 Å². The quantitative estimate of drug-likeness (QED) is 0.197. The third-order valence-corrected chi connectivity index (χ3v) is 11.0. The van der Waals surface area contributed by atoms with Crippen molar-refractivity contribution >= 4 is 44.8 Å². The number of β-amino-alcohol motifs (C(OH)–C–C–N with tert-alkyl or cyclic N) is 1. The molecule has 4 aromatic heterocycles. The second-order valence-corrected chi connectivity index (χ2v) is 15.3. The van der Waals surface area contributed by atoms with Crippen LogP contribution in [0.25, 0.3) is 21.8 Å². The summed E-state index contributed by atoms with van der Waals surface area (Å²) in [6.07, 6.45) is 3.68. The number of hydrogen-bond acceptors (Lipinski definition) is 13. The average Bonchev–Trinajstić information content (AvgIpc) is 3.21. The fraction of sp³-hybridized carbons (Fsp3) is 0.409. The summed E-state index contributed by atoms with van der Waals surface area (Å²) in [6.45, 7) is 15.3. The van der Waals surface area contributed by atoms with Crippen LogP contribution in [0.2, 0.25) is 0 Å². The first-order chi connectivity index (χ1) is 27.6. The Morgan fingerprint density at radius 3 is 1.65 bits per heavy atom. The van der Waals surface area contributed by atoms with Gasteiger partial charge < -0.3 is 29.6 Å². The highest BCUT2D eigenvalue weighted by Gasteiger charge is 2.23. The lowest BCUT2D eigenvalue weighted by Gasteiger charge is -2.38. The van der Waals surface area contributed by atoms with Crippen LogP contribution < -0.4 is 19.6 Å². The number of aromatic nitrogens is 6. The van der Waals surface area contributed by atoms with Gasteiger partial charge in [-0.15, -0.1) is 0 Å². The third-order valence-electron chi connectivity index (χ3n) is 11.0. The minimum absolute atomic E-state index is 0.214. The van der Waals surface area contributed by atoms with Gasteiger partial charge in [-0.3, -0.25) is 14.9 Å². The lowest BCUT2D eigenvalue weighted by molar-refractivity contribution is 0.188. The number of aliphatic hydroxyl groups excluding tert-OH is 1. The number of likely N-dealkylation sites (N-methyl/N-ethyl adjacent to an activating group) is 1. The number of nitrogens with zero attached hydrogens (tertiary/aromatic N) is 12. The van der Waals surface area contributed by atoms with Crippen LogP contribution in [-0.4, -0.2) is 131 Å². The van der Waals surface area contributed by atoms with Gasteiger partial charge in [0.05, 0.1) is 53.5 Å². The van der Waals surface area contributed by atoms with Crippen LogP contribution >= 0.6 is 0 Å². The molecule has 0 amide bonds. The van der Waals surface area contributed by atoms with Gasteiger partial charge in [0.1, 0.15) is 23.3 Å². The van der Waals surface area contributed by atoms with Crippen LogP contribution in [0.1, 0.15) is 30.0 Å². The topological polar surface area (TPSA) is 117 Å². The first kappa shape index (κ1) is 39.7. The van der Waals surface area contributed by atoms with Crippen molar-refractivity contribution in [2.45, 2.75) is 39.9 Å². The Morgan fingerprint density at radius 1 is 0.649 bits per heavy atom. The van der Waals surface area contributed by atoms with E-state index in [0.29, 0.717) is 12.6 Å². The van der Waals surface area contributed by atoms with Crippen LogP contribution in [0, 0.1) is 13.8 Å². The number of pyridine rings is 2. The molecule has 0 spiro atoms. The average molecular weight is 769 g/mol. The van der Waals surface area contributed by atoms with Crippen molar-refractivity contribution < 1.29 is 5.11 Å². The van der Waals surface area contributed by atoms with E-state index in [9.17, 15) is 0 Å². The zero-order chi connectivity index (χ0) is 39.9. The van der Waals surface area contributed by atoms with E-state index in [-0.39, 0.29) is 6.61 Å². The van der Waals surface area contributed by atoms with Gasteiger partial charge in [0.25, 0.3) is 0 Å². The molecule has 13 nitrogen and oxygen atoms in total. The number of benzene rings is 2. The number of fused-ring (bicyclic) bond motifs is 2. The second-order valence-electron chi connectivity index (χ2n) is 15.3. The number of rotatable bonds is 10. The normalized spacial score (nSPS) is 16.4. The smallest absolute Gasteiger partial charge is 0.132 e. The van der Waals surface area contributed by atoms with Gasteiger partial charge in [-0.1, -0.05) is 36.4 Å². The van der Waals surface area contributed by atoms with Crippen molar-refractivity contribution in [3.8, 4) is 0 Å². The summed E-state index contributed by atoms with van der Waals surface area (Å²) in [5.41, 5.74) is 6.27. The molecule has 0 saturated carbocycles. The number of aryl methyl sites for hydroxylation is 2. The standard InChI is InChI=1S/C22H28N6O.C22H28N6/c1-17-24-19(15-21(25-17)28-11-9-27(10-12-28)13-14-29)16-26(2)20-7-3-5-18-6-4-8-23-22(18)20;1-16-14-28(12-11-26(16)3)21-13-19(24-17(2)25-21)15-27(4)20-9-5-7-18-8-6-10-23-22(18)20/h3-8,15,29H,9-14,16H2,1-2H3;5-10,13,16H,11-12,14-15H2,1-4H3/t;16-/m.0/s1. The molecular weight excluding hydrogens is 713 g/mol. The highest BCUT2D eigenvalue weighted by atomic mass is 16.3. The molecular formula is C44H56N12O. The summed E-state index contributed by atoms with van der Waals surface area (Å²) < 4.78 is 0. The molecule has 8 rings (SSSR count). The molecule has 6 heterocycles. The maximum atomic E-state index is 9.13. The second kappa shape index (κ2) is 18.2. The summed E-state index contributed by atoms with van der Waals surface area (Å²) in [4.78, 5) is 41.7. The van der Waals surface area contributed by atoms with Crippen LogP contribution in [0.5, 0.6) is 0 Å². The number of piperazine rings is 2. The summed E-state index contributed by atoms with van der Waals surface area (Å²) in [5.74, 6) is 3.63. The van der Waals surface area contributed by atoms with Gasteiger partial charge in [-0.05, 0) is 52.1 Å². The molecule has 298 valence electrons. The Kier molecular flexibility index (Phi) is 12.7. The molecule has 6 aromatic rings. The lowest BCUT2D eigenvalue weighted by Crippen LogP contribution is -2.50. The number of aliphatic hydroxyl groups is 1. The zero-order valence-corrected chi connectivity index (χ0v) is 34.3. The molecule has 1 N–H and O–H groups in total. The van der Waals surface area contributed by atoms with Gasteiger partial charge in [0, 0.05) is 108 Å². The molecule has 0 unspecified atom stereocenters. The lowest BCUT2D eigenvalue weighted by atomic mass is 10.1. The Morgan fingerprint density at radius 2 is 1.14 bits per heavy atom. The summed E-state index contributed by atoms with van der Waals surface area (Å²) in [5, 5.41) is 11.4. The molecule has 1 atom stereocenters. The van der Waals surface area contributed by atoms with Crippen molar-refractivity contribution in [1.29, 1.82) is 0 Å². The van der Waals surface area contributed by atoms with Gasteiger partial charge >= 0.3 is 0 Å². The van der Waals surface area contributed by atoms with Gasteiger partial charge in [0.15, 0.2) is 0 Å². The fourth-order valence-corrected chi connectivity index (χ4v) is 7.76. The maximum absolute atomic E-state index is 9.13. The van der Waals surface area contributed by atoms with Crippen LogP contribution in [0.4, 0.5) is 23.0 Å². The van der Waals surface area contributed by atoms with Gasteiger partial charge in [-0.2, -0.15) is 0 Å². The van der Waals surface area contributed by atoms with Crippen molar-refractivity contribution in [1.82, 2.24) is 39.7 Å². The van der Waals surface area contributed by atoms with Gasteiger partial charge in [0.2, 0.25) is 0 Å². The predicted molar refractivity (Wildman–Crippen MR) is 231 cm³/mol.